The van der Waals surface area contributed by atoms with Crippen molar-refractivity contribution in [3.8, 4) is 0 Å². The number of carboxylic acid groups (broad SMARTS) is 1. The Morgan fingerprint density at radius 2 is 2.25 bits per heavy atom. The van der Waals surface area contributed by atoms with Crippen molar-refractivity contribution in [2.24, 2.45) is 5.41 Å². The number of halogens is 2. The lowest BCUT2D eigenvalue weighted by Crippen LogP contribution is -2.34. The van der Waals surface area contributed by atoms with E-state index in [-0.39, 0.29) is 5.82 Å². The number of carbonyl (C=O) groups is 1. The molecule has 20 heavy (non-hydrogen) atoms. The molecule has 0 saturated carbocycles. The summed E-state index contributed by atoms with van der Waals surface area (Å²) in [6.07, 6.45) is 2.19. The summed E-state index contributed by atoms with van der Waals surface area (Å²) in [6, 6.07) is 4.45. The van der Waals surface area contributed by atoms with Crippen molar-refractivity contribution in [2.45, 2.75) is 32.7 Å². The molecule has 1 fully saturated rings. The molecule has 0 amide bonds. The Labute approximate surface area is 123 Å². The lowest BCUT2D eigenvalue weighted by molar-refractivity contribution is -0.148. The van der Waals surface area contributed by atoms with Gasteiger partial charge >= 0.3 is 5.97 Å². The standard InChI is InChI=1S/C15H19ClFNO2/c1-2-3-15(14(19)20)4-5-18(10-15)9-11-6-12(16)8-13(17)7-11/h6-8H,2-5,9-10H2,1H3,(H,19,20). The van der Waals surface area contributed by atoms with Crippen LogP contribution in [-0.4, -0.2) is 29.1 Å². The molecule has 3 nitrogen and oxygen atoms in total. The first-order chi connectivity index (χ1) is 9.45. The minimum absolute atomic E-state index is 0.357. The first kappa shape index (κ1) is 15.3. The number of nitrogens with zero attached hydrogens (tertiary/aromatic N) is 1. The van der Waals surface area contributed by atoms with E-state index in [1.165, 1.54) is 12.1 Å². The fraction of sp³-hybridized carbons (Fsp3) is 0.533. The Morgan fingerprint density at radius 3 is 2.85 bits per heavy atom. The maximum Gasteiger partial charge on any atom is 0.310 e. The van der Waals surface area contributed by atoms with Crippen LogP contribution in [0.2, 0.25) is 5.02 Å². The molecular formula is C15H19ClFNO2. The highest BCUT2D eigenvalue weighted by molar-refractivity contribution is 6.30. The third-order valence-corrected chi connectivity index (χ3v) is 4.16. The van der Waals surface area contributed by atoms with E-state index in [4.69, 9.17) is 11.6 Å². The summed E-state index contributed by atoms with van der Waals surface area (Å²) in [4.78, 5) is 13.6. The van der Waals surface area contributed by atoms with Crippen LogP contribution >= 0.6 is 11.6 Å². The molecule has 5 heteroatoms. The van der Waals surface area contributed by atoms with Gasteiger partial charge in [-0.1, -0.05) is 24.9 Å². The van der Waals surface area contributed by atoms with Crippen LogP contribution in [0.25, 0.3) is 0 Å². The average molecular weight is 300 g/mol. The second kappa shape index (κ2) is 6.10. The van der Waals surface area contributed by atoms with Crippen LogP contribution in [0.1, 0.15) is 31.7 Å². The minimum Gasteiger partial charge on any atom is -0.481 e. The summed E-state index contributed by atoms with van der Waals surface area (Å²) in [5, 5.41) is 9.83. The largest absolute Gasteiger partial charge is 0.481 e. The highest BCUT2D eigenvalue weighted by Gasteiger charge is 2.43. The number of rotatable bonds is 5. The van der Waals surface area contributed by atoms with Gasteiger partial charge in [0.2, 0.25) is 0 Å². The third kappa shape index (κ3) is 3.30. The first-order valence-corrected chi connectivity index (χ1v) is 7.24. The molecule has 1 atom stereocenters. The van der Waals surface area contributed by atoms with Crippen molar-refractivity contribution in [3.05, 3.63) is 34.6 Å². The van der Waals surface area contributed by atoms with Crippen molar-refractivity contribution in [1.82, 2.24) is 4.90 Å². The monoisotopic (exact) mass is 299 g/mol. The van der Waals surface area contributed by atoms with Gasteiger partial charge in [0.05, 0.1) is 5.41 Å². The van der Waals surface area contributed by atoms with E-state index in [1.54, 1.807) is 6.07 Å². The molecule has 0 spiro atoms. The van der Waals surface area contributed by atoms with Gasteiger partial charge in [-0.15, -0.1) is 0 Å². The summed E-state index contributed by atoms with van der Waals surface area (Å²) in [5.74, 6) is -1.08. The summed E-state index contributed by atoms with van der Waals surface area (Å²) in [5.41, 5.74) is 0.138. The summed E-state index contributed by atoms with van der Waals surface area (Å²) in [6.45, 7) is 3.78. The maximum absolute atomic E-state index is 13.3. The minimum atomic E-state index is -0.723. The molecule has 1 aliphatic heterocycles. The van der Waals surface area contributed by atoms with Crippen LogP contribution in [-0.2, 0) is 11.3 Å². The molecule has 1 unspecified atom stereocenters. The Bertz CT molecular complexity index is 488. The molecule has 0 aliphatic carbocycles. The van der Waals surface area contributed by atoms with Crippen molar-refractivity contribution >= 4 is 17.6 Å². The lowest BCUT2D eigenvalue weighted by Gasteiger charge is -2.24. The second-order valence-corrected chi connectivity index (χ2v) is 6.01. The van der Waals surface area contributed by atoms with Crippen molar-refractivity contribution in [3.63, 3.8) is 0 Å². The molecule has 0 radical (unpaired) electrons. The smallest absolute Gasteiger partial charge is 0.310 e. The summed E-state index contributed by atoms with van der Waals surface area (Å²) >= 11 is 5.84. The van der Waals surface area contributed by atoms with Gasteiger partial charge in [-0.05, 0) is 43.1 Å². The molecule has 1 aliphatic rings. The molecule has 1 heterocycles. The van der Waals surface area contributed by atoms with E-state index >= 15 is 0 Å². The van der Waals surface area contributed by atoms with Crippen LogP contribution < -0.4 is 0 Å². The predicted octanol–water partition coefficient (Wildman–Crippen LogP) is 3.56. The van der Waals surface area contributed by atoms with Crippen LogP contribution in [0.3, 0.4) is 0 Å². The highest BCUT2D eigenvalue weighted by atomic mass is 35.5. The molecule has 1 saturated heterocycles. The van der Waals surface area contributed by atoms with Gasteiger partial charge in [-0.25, -0.2) is 4.39 Å². The zero-order chi connectivity index (χ0) is 14.8. The molecule has 2 rings (SSSR count). The number of hydrogen-bond acceptors (Lipinski definition) is 2. The van der Waals surface area contributed by atoms with Gasteiger partial charge in [-0.3, -0.25) is 9.69 Å². The molecule has 1 aromatic carbocycles. The Morgan fingerprint density at radius 1 is 1.50 bits per heavy atom. The van der Waals surface area contributed by atoms with E-state index in [1.807, 2.05) is 6.92 Å². The van der Waals surface area contributed by atoms with Gasteiger partial charge in [0, 0.05) is 18.1 Å². The van der Waals surface area contributed by atoms with Crippen LogP contribution in [0.4, 0.5) is 4.39 Å². The average Bonchev–Trinajstić information content (AvgIpc) is 2.72. The van der Waals surface area contributed by atoms with Crippen molar-refractivity contribution < 1.29 is 14.3 Å². The summed E-state index contributed by atoms with van der Waals surface area (Å²) in [7, 11) is 0. The third-order valence-electron chi connectivity index (χ3n) is 3.94. The van der Waals surface area contributed by atoms with Gasteiger partial charge < -0.3 is 5.11 Å². The van der Waals surface area contributed by atoms with Crippen LogP contribution in [0.15, 0.2) is 18.2 Å². The van der Waals surface area contributed by atoms with E-state index in [0.29, 0.717) is 31.0 Å². The summed E-state index contributed by atoms with van der Waals surface area (Å²) < 4.78 is 13.3. The highest BCUT2D eigenvalue weighted by Crippen LogP contribution is 2.36. The van der Waals surface area contributed by atoms with Gasteiger partial charge in [-0.2, -0.15) is 0 Å². The Balaban J connectivity index is 2.07. The van der Waals surface area contributed by atoms with Crippen LogP contribution in [0, 0.1) is 11.2 Å². The normalized spacial score (nSPS) is 23.1. The zero-order valence-corrected chi connectivity index (χ0v) is 12.3. The van der Waals surface area contributed by atoms with E-state index in [0.717, 1.165) is 18.5 Å². The quantitative estimate of drug-likeness (QED) is 0.904. The SMILES string of the molecule is CCCC1(C(=O)O)CCN(Cc2cc(F)cc(Cl)c2)C1. The number of hydrogen-bond donors (Lipinski definition) is 1. The maximum atomic E-state index is 13.3. The molecule has 0 bridgehead atoms. The van der Waals surface area contributed by atoms with Gasteiger partial charge in [0.15, 0.2) is 0 Å². The Hall–Kier alpha value is -1.13. The van der Waals surface area contributed by atoms with E-state index in [2.05, 4.69) is 4.90 Å². The first-order valence-electron chi connectivity index (χ1n) is 6.86. The fourth-order valence-corrected chi connectivity index (χ4v) is 3.26. The zero-order valence-electron chi connectivity index (χ0n) is 11.5. The lowest BCUT2D eigenvalue weighted by atomic mass is 9.83. The number of aliphatic carboxylic acids is 1. The molecule has 1 N–H and O–H groups in total. The van der Waals surface area contributed by atoms with Crippen molar-refractivity contribution in [1.29, 1.82) is 0 Å². The van der Waals surface area contributed by atoms with Gasteiger partial charge in [0.1, 0.15) is 5.82 Å². The molecular weight excluding hydrogens is 281 g/mol. The molecule has 1 aromatic rings. The van der Waals surface area contributed by atoms with Crippen molar-refractivity contribution in [2.75, 3.05) is 13.1 Å². The topological polar surface area (TPSA) is 40.5 Å². The van der Waals surface area contributed by atoms with E-state index in [9.17, 15) is 14.3 Å². The molecule has 110 valence electrons. The van der Waals surface area contributed by atoms with Crippen LogP contribution in [0.5, 0.6) is 0 Å². The number of benzene rings is 1. The fourth-order valence-electron chi connectivity index (χ4n) is 3.02. The Kier molecular flexibility index (Phi) is 4.66. The predicted molar refractivity (Wildman–Crippen MR) is 76.3 cm³/mol. The number of carboxylic acids is 1. The molecule has 0 aromatic heterocycles. The van der Waals surface area contributed by atoms with Gasteiger partial charge in [0.25, 0.3) is 0 Å². The number of likely N-dealkylation sites (tertiary alicyclic amines) is 1. The second-order valence-electron chi connectivity index (χ2n) is 5.57. The van der Waals surface area contributed by atoms with E-state index < -0.39 is 11.4 Å².